The molecular weight excluding hydrogens is 570 g/mol. The Morgan fingerprint density at radius 1 is 0.756 bits per heavy atom. The first-order valence-electron chi connectivity index (χ1n) is 14.9. The molecule has 0 aromatic heterocycles. The predicted molar refractivity (Wildman–Crippen MR) is 168 cm³/mol. The summed E-state index contributed by atoms with van der Waals surface area (Å²) in [5.41, 5.74) is 1.35. The Balaban J connectivity index is 1.84. The van der Waals surface area contributed by atoms with Crippen molar-refractivity contribution in [2.45, 2.75) is 71.0 Å². The van der Waals surface area contributed by atoms with Crippen molar-refractivity contribution >= 4 is 5.97 Å². The monoisotopic (exact) mass is 604 g/mol. The zero-order valence-corrected chi connectivity index (χ0v) is 25.3. The molecular formula is C38H34F2N2O3. The van der Waals surface area contributed by atoms with Crippen molar-refractivity contribution in [3.8, 4) is 35.8 Å². The second-order valence-electron chi connectivity index (χ2n) is 10.3. The van der Waals surface area contributed by atoms with E-state index in [1.54, 1.807) is 24.3 Å². The van der Waals surface area contributed by atoms with Crippen molar-refractivity contribution in [2.75, 3.05) is 0 Å². The molecule has 0 fully saturated rings. The largest absolute Gasteiger partial charge is 0.463 e. The van der Waals surface area contributed by atoms with Crippen LogP contribution in [0.3, 0.4) is 0 Å². The Labute approximate surface area is 264 Å². The predicted octanol–water partition coefficient (Wildman–Crippen LogP) is 8.68. The van der Waals surface area contributed by atoms with Crippen molar-refractivity contribution in [3.05, 3.63) is 118 Å². The molecule has 0 saturated heterocycles. The molecule has 0 aliphatic rings. The van der Waals surface area contributed by atoms with Crippen LogP contribution in [0.25, 0.3) is 0 Å². The molecule has 45 heavy (non-hydrogen) atoms. The Morgan fingerprint density at radius 3 is 1.76 bits per heavy atom. The number of rotatable bonds is 13. The topological polar surface area (TPSA) is 83.1 Å². The van der Waals surface area contributed by atoms with Crippen LogP contribution in [0.5, 0.6) is 0 Å². The summed E-state index contributed by atoms with van der Waals surface area (Å²) < 4.78 is 39.4. The Bertz CT molecular complexity index is 1710. The van der Waals surface area contributed by atoms with Crippen molar-refractivity contribution in [1.29, 1.82) is 10.5 Å². The zero-order chi connectivity index (χ0) is 32.4. The van der Waals surface area contributed by atoms with E-state index in [0.29, 0.717) is 28.7 Å². The fourth-order valence-corrected chi connectivity index (χ4v) is 4.44. The van der Waals surface area contributed by atoms with E-state index in [1.807, 2.05) is 0 Å². The summed E-state index contributed by atoms with van der Waals surface area (Å²) >= 11 is 0. The molecule has 0 radical (unpaired) electrons. The van der Waals surface area contributed by atoms with E-state index >= 15 is 0 Å². The molecule has 0 spiro atoms. The minimum atomic E-state index is -0.847. The molecule has 3 aromatic carbocycles. The van der Waals surface area contributed by atoms with Crippen LogP contribution < -0.4 is 0 Å². The van der Waals surface area contributed by atoms with Gasteiger partial charge in [0.2, 0.25) is 6.29 Å². The number of ether oxygens (including phenoxy) is 2. The average Bonchev–Trinajstić information content (AvgIpc) is 3.04. The van der Waals surface area contributed by atoms with Crippen molar-refractivity contribution < 1.29 is 23.0 Å². The summed E-state index contributed by atoms with van der Waals surface area (Å²) in [6.45, 7) is 5.79. The van der Waals surface area contributed by atoms with Crippen LogP contribution in [-0.2, 0) is 9.47 Å². The summed E-state index contributed by atoms with van der Waals surface area (Å²) in [4.78, 5) is 13.4. The molecule has 5 nitrogen and oxygen atoms in total. The minimum Gasteiger partial charge on any atom is -0.463 e. The summed E-state index contributed by atoms with van der Waals surface area (Å²) in [5.74, 6) is 9.40. The Kier molecular flexibility index (Phi) is 13.9. The molecule has 3 rings (SSSR count). The second-order valence-corrected chi connectivity index (χ2v) is 10.3. The van der Waals surface area contributed by atoms with E-state index in [-0.39, 0.29) is 16.7 Å². The van der Waals surface area contributed by atoms with Crippen LogP contribution in [0.4, 0.5) is 8.78 Å². The van der Waals surface area contributed by atoms with Gasteiger partial charge in [0.15, 0.2) is 0 Å². The van der Waals surface area contributed by atoms with Gasteiger partial charge in [-0.15, -0.1) is 0 Å². The van der Waals surface area contributed by atoms with Gasteiger partial charge in [-0.3, -0.25) is 0 Å². The van der Waals surface area contributed by atoms with Crippen LogP contribution in [0, 0.1) is 58.0 Å². The van der Waals surface area contributed by atoms with Gasteiger partial charge in [0.25, 0.3) is 0 Å². The van der Waals surface area contributed by atoms with Crippen LogP contribution >= 0.6 is 0 Å². The number of carbonyl (C=O) groups is 1. The fourth-order valence-electron chi connectivity index (χ4n) is 4.44. The SMILES string of the molecule is C=COC(CCCCCCCCCC)OC(=O)c1cc(C#Cc2ccc(C#N)c(F)c2)ccc1C#Cc1ccc(C#N)c(F)c1. The van der Waals surface area contributed by atoms with Crippen LogP contribution in [0.2, 0.25) is 0 Å². The molecule has 0 aliphatic carbocycles. The third kappa shape index (κ3) is 11.0. The third-order valence-electron chi connectivity index (χ3n) is 6.89. The number of halogens is 2. The Morgan fingerprint density at radius 2 is 1.24 bits per heavy atom. The number of esters is 1. The highest BCUT2D eigenvalue weighted by Crippen LogP contribution is 2.18. The van der Waals surface area contributed by atoms with Crippen LogP contribution in [-0.4, -0.2) is 12.3 Å². The first-order valence-corrected chi connectivity index (χ1v) is 14.9. The van der Waals surface area contributed by atoms with Gasteiger partial charge in [-0.25, -0.2) is 13.6 Å². The molecule has 0 N–H and O–H groups in total. The number of nitrogens with zero attached hydrogens (tertiary/aromatic N) is 2. The number of carbonyl (C=O) groups excluding carboxylic acids is 1. The molecule has 228 valence electrons. The molecule has 0 saturated carbocycles. The number of nitriles is 2. The van der Waals surface area contributed by atoms with E-state index in [9.17, 15) is 13.6 Å². The smallest absolute Gasteiger partial charge is 0.342 e. The number of unbranched alkanes of at least 4 members (excludes halogenated alkanes) is 7. The molecule has 3 aromatic rings. The average molecular weight is 605 g/mol. The highest BCUT2D eigenvalue weighted by Gasteiger charge is 2.19. The first-order chi connectivity index (χ1) is 21.9. The molecule has 1 atom stereocenters. The van der Waals surface area contributed by atoms with Gasteiger partial charge < -0.3 is 9.47 Å². The molecule has 0 aliphatic heterocycles. The zero-order valence-electron chi connectivity index (χ0n) is 25.3. The van der Waals surface area contributed by atoms with Gasteiger partial charge in [-0.2, -0.15) is 10.5 Å². The summed E-state index contributed by atoms with van der Waals surface area (Å²) in [5, 5.41) is 17.9. The van der Waals surface area contributed by atoms with E-state index in [0.717, 1.165) is 25.3 Å². The molecule has 0 amide bonds. The lowest BCUT2D eigenvalue weighted by Gasteiger charge is -2.17. The van der Waals surface area contributed by atoms with Crippen molar-refractivity contribution in [3.63, 3.8) is 0 Å². The fraction of sp³-hybridized carbons (Fsp3) is 0.289. The third-order valence-corrected chi connectivity index (χ3v) is 6.89. The van der Waals surface area contributed by atoms with Gasteiger partial charge >= 0.3 is 5.97 Å². The van der Waals surface area contributed by atoms with E-state index < -0.39 is 23.9 Å². The van der Waals surface area contributed by atoms with Gasteiger partial charge in [-0.05, 0) is 61.0 Å². The van der Waals surface area contributed by atoms with Gasteiger partial charge in [0.05, 0.1) is 23.0 Å². The maximum atomic E-state index is 14.1. The summed E-state index contributed by atoms with van der Waals surface area (Å²) in [6, 6.07) is 16.3. The normalized spacial score (nSPS) is 10.6. The van der Waals surface area contributed by atoms with Crippen LogP contribution in [0.1, 0.15) is 108 Å². The second kappa shape index (κ2) is 18.3. The lowest BCUT2D eigenvalue weighted by molar-refractivity contribution is -0.0768. The lowest BCUT2D eigenvalue weighted by atomic mass is 10.0. The summed E-state index contributed by atoms with van der Waals surface area (Å²) in [6.07, 6.45) is 9.86. The highest BCUT2D eigenvalue weighted by atomic mass is 19.1. The number of hydrogen-bond donors (Lipinski definition) is 0. The van der Waals surface area contributed by atoms with Crippen LogP contribution in [0.15, 0.2) is 67.4 Å². The van der Waals surface area contributed by atoms with E-state index in [2.05, 4.69) is 37.2 Å². The van der Waals surface area contributed by atoms with Gasteiger partial charge in [0, 0.05) is 28.7 Å². The maximum absolute atomic E-state index is 14.1. The molecule has 1 unspecified atom stereocenters. The quantitative estimate of drug-likeness (QED) is 0.0641. The first kappa shape index (κ1) is 34.1. The highest BCUT2D eigenvalue weighted by molar-refractivity contribution is 5.93. The van der Waals surface area contributed by atoms with Gasteiger partial charge in [-0.1, -0.05) is 82.1 Å². The minimum absolute atomic E-state index is 0.0843. The molecule has 7 heteroatoms. The van der Waals surface area contributed by atoms with Gasteiger partial charge in [0.1, 0.15) is 23.8 Å². The molecule has 0 bridgehead atoms. The maximum Gasteiger partial charge on any atom is 0.342 e. The number of hydrogen-bond acceptors (Lipinski definition) is 5. The molecule has 0 heterocycles. The summed E-state index contributed by atoms with van der Waals surface area (Å²) in [7, 11) is 0. The van der Waals surface area contributed by atoms with Crippen molar-refractivity contribution in [1.82, 2.24) is 0 Å². The number of benzene rings is 3. The van der Waals surface area contributed by atoms with E-state index in [1.165, 1.54) is 74.8 Å². The Hall–Kier alpha value is -5.37. The lowest BCUT2D eigenvalue weighted by Crippen LogP contribution is -2.20. The van der Waals surface area contributed by atoms with Crippen molar-refractivity contribution in [2.24, 2.45) is 0 Å². The standard InChI is InChI=1S/C38H34F2N2O3/c1-3-5-6-7-8-9-10-11-12-37(44-4-2)45-38(43)34-23-28(13-14-29-17-21-32(26-41)35(39)24-29)15-19-31(34)20-16-30-18-22-33(27-42)36(40)25-30/h4,15,17-19,21-25,37H,2-3,5-12H2,1H3. The van der Waals surface area contributed by atoms with E-state index in [4.69, 9.17) is 20.0 Å².